The van der Waals surface area contributed by atoms with Crippen molar-refractivity contribution in [2.75, 3.05) is 25.1 Å². The lowest BCUT2D eigenvalue weighted by molar-refractivity contribution is -0.125. The van der Waals surface area contributed by atoms with Gasteiger partial charge in [0.05, 0.1) is 13.2 Å². The highest BCUT2D eigenvalue weighted by molar-refractivity contribution is 5.97. The number of rotatable bonds is 5. The van der Waals surface area contributed by atoms with E-state index in [-0.39, 0.29) is 11.9 Å². The van der Waals surface area contributed by atoms with Crippen molar-refractivity contribution >= 4 is 11.6 Å². The number of piperazine rings is 1. The van der Waals surface area contributed by atoms with Gasteiger partial charge in [-0.1, -0.05) is 23.8 Å². The van der Waals surface area contributed by atoms with Crippen LogP contribution >= 0.6 is 0 Å². The number of ether oxygens (including phenoxy) is 1. The van der Waals surface area contributed by atoms with Gasteiger partial charge < -0.3 is 9.64 Å². The first-order valence-electron chi connectivity index (χ1n) is 10.1. The Morgan fingerprint density at radius 2 is 1.80 bits per heavy atom. The molecule has 4 rings (SSSR count). The van der Waals surface area contributed by atoms with Crippen LogP contribution in [0.15, 0.2) is 60.9 Å². The van der Waals surface area contributed by atoms with Gasteiger partial charge in [0.1, 0.15) is 5.75 Å². The van der Waals surface area contributed by atoms with Crippen molar-refractivity contribution in [3.63, 3.8) is 0 Å². The highest BCUT2D eigenvalue weighted by Crippen LogP contribution is 2.24. The van der Waals surface area contributed by atoms with Gasteiger partial charge in [0.25, 0.3) is 0 Å². The minimum atomic E-state index is -0.211. The van der Waals surface area contributed by atoms with Crippen molar-refractivity contribution in [1.29, 1.82) is 0 Å². The van der Waals surface area contributed by atoms with Gasteiger partial charge in [-0.05, 0) is 44.2 Å². The van der Waals surface area contributed by atoms with E-state index in [9.17, 15) is 4.79 Å². The van der Waals surface area contributed by atoms with Crippen LogP contribution in [0.2, 0.25) is 0 Å². The quantitative estimate of drug-likeness (QED) is 0.651. The zero-order chi connectivity index (χ0) is 21.1. The molecule has 154 valence electrons. The Kier molecular flexibility index (Phi) is 5.77. The molecule has 1 aromatic heterocycles. The Morgan fingerprint density at radius 3 is 2.47 bits per heavy atom. The third kappa shape index (κ3) is 4.19. The zero-order valence-corrected chi connectivity index (χ0v) is 17.6. The molecular formula is C24H26N4O2. The standard InChI is InChI=1S/C24H26N4O2/c1-17-5-4-6-20(13-17)23-25-14-19(15-26-23)16-27-11-12-28(24(29)18(27)2)21-7-9-22(30-3)10-8-21/h4-10,13-15,18H,11-12,16H2,1-3H3. The van der Waals surface area contributed by atoms with E-state index in [4.69, 9.17) is 4.74 Å². The number of nitrogens with zero attached hydrogens (tertiary/aromatic N) is 4. The van der Waals surface area contributed by atoms with Gasteiger partial charge in [-0.25, -0.2) is 9.97 Å². The molecule has 30 heavy (non-hydrogen) atoms. The van der Waals surface area contributed by atoms with Gasteiger partial charge >= 0.3 is 0 Å². The number of anilines is 1. The largest absolute Gasteiger partial charge is 0.497 e. The molecule has 0 aliphatic carbocycles. The number of carbonyl (C=O) groups is 1. The number of amides is 1. The highest BCUT2D eigenvalue weighted by Gasteiger charge is 2.32. The molecule has 6 nitrogen and oxygen atoms in total. The molecule has 1 fully saturated rings. The second-order valence-electron chi connectivity index (χ2n) is 7.62. The number of hydrogen-bond acceptors (Lipinski definition) is 5. The van der Waals surface area contributed by atoms with Crippen molar-refractivity contribution in [3.8, 4) is 17.1 Å². The maximum Gasteiger partial charge on any atom is 0.244 e. The third-order valence-corrected chi connectivity index (χ3v) is 5.53. The summed E-state index contributed by atoms with van der Waals surface area (Å²) < 4.78 is 5.21. The fourth-order valence-corrected chi connectivity index (χ4v) is 3.75. The summed E-state index contributed by atoms with van der Waals surface area (Å²) in [6.45, 7) is 6.11. The van der Waals surface area contributed by atoms with Gasteiger partial charge in [-0.3, -0.25) is 9.69 Å². The van der Waals surface area contributed by atoms with Crippen LogP contribution in [0.5, 0.6) is 5.75 Å². The normalized spacial score (nSPS) is 17.2. The van der Waals surface area contributed by atoms with Crippen LogP contribution < -0.4 is 9.64 Å². The monoisotopic (exact) mass is 402 g/mol. The summed E-state index contributed by atoms with van der Waals surface area (Å²) >= 11 is 0. The van der Waals surface area contributed by atoms with Crippen LogP contribution in [0.3, 0.4) is 0 Å². The molecule has 1 amide bonds. The number of methoxy groups -OCH3 is 1. The van der Waals surface area contributed by atoms with E-state index in [1.54, 1.807) is 7.11 Å². The van der Waals surface area contributed by atoms with Crippen molar-refractivity contribution in [3.05, 3.63) is 72.1 Å². The summed E-state index contributed by atoms with van der Waals surface area (Å²) in [6, 6.07) is 15.6. The molecule has 0 bridgehead atoms. The Balaban J connectivity index is 1.42. The second-order valence-corrected chi connectivity index (χ2v) is 7.62. The number of aryl methyl sites for hydroxylation is 1. The van der Waals surface area contributed by atoms with E-state index in [1.807, 2.05) is 60.6 Å². The first-order valence-corrected chi connectivity index (χ1v) is 10.1. The first-order chi connectivity index (χ1) is 14.5. The third-order valence-electron chi connectivity index (χ3n) is 5.53. The molecular weight excluding hydrogens is 376 g/mol. The molecule has 2 aromatic carbocycles. The zero-order valence-electron chi connectivity index (χ0n) is 17.6. The molecule has 6 heteroatoms. The minimum Gasteiger partial charge on any atom is -0.497 e. The number of hydrogen-bond donors (Lipinski definition) is 0. The number of benzene rings is 2. The minimum absolute atomic E-state index is 0.101. The summed E-state index contributed by atoms with van der Waals surface area (Å²) in [7, 11) is 1.64. The van der Waals surface area contributed by atoms with E-state index < -0.39 is 0 Å². The lowest BCUT2D eigenvalue weighted by atomic mass is 10.1. The van der Waals surface area contributed by atoms with E-state index in [2.05, 4.69) is 33.9 Å². The molecule has 1 saturated heterocycles. The lowest BCUT2D eigenvalue weighted by Crippen LogP contribution is -2.55. The van der Waals surface area contributed by atoms with Crippen molar-refractivity contribution < 1.29 is 9.53 Å². The summed E-state index contributed by atoms with van der Waals surface area (Å²) in [5, 5.41) is 0. The van der Waals surface area contributed by atoms with Crippen molar-refractivity contribution in [1.82, 2.24) is 14.9 Å². The molecule has 1 aliphatic rings. The molecule has 1 unspecified atom stereocenters. The van der Waals surface area contributed by atoms with Crippen LogP contribution in [-0.2, 0) is 11.3 Å². The SMILES string of the molecule is COc1ccc(N2CCN(Cc3cnc(-c4cccc(C)c4)nc3)C(C)C2=O)cc1. The van der Waals surface area contributed by atoms with Gasteiger partial charge in [0.15, 0.2) is 5.82 Å². The predicted octanol–water partition coefficient (Wildman–Crippen LogP) is 3.70. The topological polar surface area (TPSA) is 58.6 Å². The summed E-state index contributed by atoms with van der Waals surface area (Å²) in [4.78, 5) is 26.1. The maximum absolute atomic E-state index is 13.0. The number of carbonyl (C=O) groups excluding carboxylic acids is 1. The van der Waals surface area contributed by atoms with Gasteiger partial charge in [-0.2, -0.15) is 0 Å². The summed E-state index contributed by atoms with van der Waals surface area (Å²) in [5.41, 5.74) is 4.10. The lowest BCUT2D eigenvalue weighted by Gasteiger charge is -2.39. The number of aromatic nitrogens is 2. The molecule has 3 aromatic rings. The molecule has 0 spiro atoms. The Hall–Kier alpha value is -3.25. The molecule has 0 N–H and O–H groups in total. The van der Waals surface area contributed by atoms with Crippen LogP contribution in [0.25, 0.3) is 11.4 Å². The van der Waals surface area contributed by atoms with Crippen molar-refractivity contribution in [2.24, 2.45) is 0 Å². The first kappa shape index (κ1) is 20.0. The molecule has 1 atom stereocenters. The molecule has 0 saturated carbocycles. The highest BCUT2D eigenvalue weighted by atomic mass is 16.5. The van der Waals surface area contributed by atoms with E-state index >= 15 is 0 Å². The van der Waals surface area contributed by atoms with Gasteiger partial charge in [0, 0.05) is 48.8 Å². The Labute approximate surface area is 177 Å². The van der Waals surface area contributed by atoms with Crippen molar-refractivity contribution in [2.45, 2.75) is 26.4 Å². The van der Waals surface area contributed by atoms with E-state index in [1.165, 1.54) is 5.56 Å². The van der Waals surface area contributed by atoms with Gasteiger partial charge in [-0.15, -0.1) is 0 Å². The summed E-state index contributed by atoms with van der Waals surface area (Å²) in [5.74, 6) is 1.60. The van der Waals surface area contributed by atoms with E-state index in [0.717, 1.165) is 34.9 Å². The fourth-order valence-electron chi connectivity index (χ4n) is 3.75. The Bertz CT molecular complexity index is 1020. The van der Waals surface area contributed by atoms with Crippen LogP contribution in [-0.4, -0.2) is 47.0 Å². The maximum atomic E-state index is 13.0. The molecule has 0 radical (unpaired) electrons. The predicted molar refractivity (Wildman–Crippen MR) is 117 cm³/mol. The van der Waals surface area contributed by atoms with Gasteiger partial charge in [0.2, 0.25) is 5.91 Å². The second kappa shape index (κ2) is 8.63. The smallest absolute Gasteiger partial charge is 0.244 e. The Morgan fingerprint density at radius 1 is 1.07 bits per heavy atom. The van der Waals surface area contributed by atoms with E-state index in [0.29, 0.717) is 13.1 Å². The van der Waals surface area contributed by atoms with Crippen LogP contribution in [0.1, 0.15) is 18.1 Å². The molecule has 2 heterocycles. The average molecular weight is 402 g/mol. The molecule has 1 aliphatic heterocycles. The summed E-state index contributed by atoms with van der Waals surface area (Å²) in [6.07, 6.45) is 3.72. The fraction of sp³-hybridized carbons (Fsp3) is 0.292. The van der Waals surface area contributed by atoms with Crippen LogP contribution in [0, 0.1) is 6.92 Å². The van der Waals surface area contributed by atoms with Crippen LogP contribution in [0.4, 0.5) is 5.69 Å². The average Bonchev–Trinajstić information content (AvgIpc) is 2.78.